The van der Waals surface area contributed by atoms with E-state index in [0.717, 1.165) is 19.3 Å². The summed E-state index contributed by atoms with van der Waals surface area (Å²) in [5.74, 6) is -0.520. The van der Waals surface area contributed by atoms with Crippen LogP contribution in [-0.2, 0) is 12.8 Å². The number of nitrogens with zero attached hydrogens (tertiary/aromatic N) is 3. The first-order chi connectivity index (χ1) is 13.4. The number of amides is 1. The van der Waals surface area contributed by atoms with Crippen LogP contribution >= 0.6 is 0 Å². The number of benzene rings is 2. The SMILES string of the molecule is CC(C)c1cc(-c2nnc(C(N)=O)n2-c2ccc3c(c2)CCC3)c(O)cc1O. The first-order valence-corrected chi connectivity index (χ1v) is 9.30. The number of primary amides is 1. The molecule has 1 aliphatic rings. The molecule has 1 aromatic heterocycles. The van der Waals surface area contributed by atoms with Gasteiger partial charge in [-0.3, -0.25) is 9.36 Å². The molecular weight excluding hydrogens is 356 g/mol. The Kier molecular flexibility index (Phi) is 4.30. The zero-order valence-electron chi connectivity index (χ0n) is 15.8. The number of nitrogens with two attached hydrogens (primary N) is 1. The quantitative estimate of drug-likeness (QED) is 0.645. The molecule has 4 N–H and O–H groups in total. The molecule has 7 heteroatoms. The van der Waals surface area contributed by atoms with Crippen LogP contribution in [0.25, 0.3) is 17.1 Å². The Balaban J connectivity index is 1.95. The average molecular weight is 378 g/mol. The predicted molar refractivity (Wildman–Crippen MR) is 105 cm³/mol. The molecule has 28 heavy (non-hydrogen) atoms. The van der Waals surface area contributed by atoms with Gasteiger partial charge in [0.1, 0.15) is 11.5 Å². The van der Waals surface area contributed by atoms with E-state index in [0.29, 0.717) is 22.6 Å². The van der Waals surface area contributed by atoms with Crippen molar-refractivity contribution in [1.82, 2.24) is 14.8 Å². The van der Waals surface area contributed by atoms with Gasteiger partial charge in [0.25, 0.3) is 5.91 Å². The molecule has 0 aliphatic heterocycles. The molecule has 4 rings (SSSR count). The van der Waals surface area contributed by atoms with Gasteiger partial charge in [0.05, 0.1) is 5.56 Å². The van der Waals surface area contributed by atoms with Crippen molar-refractivity contribution in [2.75, 3.05) is 0 Å². The van der Waals surface area contributed by atoms with Crippen molar-refractivity contribution < 1.29 is 15.0 Å². The zero-order valence-corrected chi connectivity index (χ0v) is 15.8. The molecule has 1 heterocycles. The lowest BCUT2D eigenvalue weighted by Crippen LogP contribution is -2.18. The number of carbonyl (C=O) groups is 1. The number of aromatic nitrogens is 3. The van der Waals surface area contributed by atoms with Crippen LogP contribution in [0.1, 0.15) is 53.5 Å². The number of rotatable bonds is 4. The Hall–Kier alpha value is -3.35. The molecule has 1 aliphatic carbocycles. The Morgan fingerprint density at radius 3 is 2.54 bits per heavy atom. The molecule has 2 aromatic carbocycles. The molecule has 1 amide bonds. The maximum absolute atomic E-state index is 12.0. The summed E-state index contributed by atoms with van der Waals surface area (Å²) in [7, 11) is 0. The molecule has 0 saturated carbocycles. The summed E-state index contributed by atoms with van der Waals surface area (Å²) in [5.41, 5.74) is 9.81. The van der Waals surface area contributed by atoms with E-state index in [-0.39, 0.29) is 23.2 Å². The number of hydrogen-bond acceptors (Lipinski definition) is 5. The van der Waals surface area contributed by atoms with Gasteiger partial charge in [-0.1, -0.05) is 19.9 Å². The van der Waals surface area contributed by atoms with Gasteiger partial charge < -0.3 is 15.9 Å². The third-order valence-electron chi connectivity index (χ3n) is 5.23. The molecule has 0 unspecified atom stereocenters. The van der Waals surface area contributed by atoms with Gasteiger partial charge in [-0.2, -0.15) is 0 Å². The first-order valence-electron chi connectivity index (χ1n) is 9.30. The topological polar surface area (TPSA) is 114 Å². The Morgan fingerprint density at radius 1 is 1.07 bits per heavy atom. The van der Waals surface area contributed by atoms with Crippen LogP contribution in [0.5, 0.6) is 11.5 Å². The summed E-state index contributed by atoms with van der Waals surface area (Å²) in [6.45, 7) is 3.88. The third kappa shape index (κ3) is 2.89. The van der Waals surface area contributed by atoms with E-state index in [1.807, 2.05) is 32.0 Å². The van der Waals surface area contributed by atoms with Crippen LogP contribution in [-0.4, -0.2) is 30.9 Å². The largest absolute Gasteiger partial charge is 0.508 e. The van der Waals surface area contributed by atoms with Crippen LogP contribution < -0.4 is 5.73 Å². The van der Waals surface area contributed by atoms with Crippen LogP contribution in [0.15, 0.2) is 30.3 Å². The lowest BCUT2D eigenvalue weighted by atomic mass is 9.98. The van der Waals surface area contributed by atoms with Crippen molar-refractivity contribution in [3.8, 4) is 28.6 Å². The highest BCUT2D eigenvalue weighted by atomic mass is 16.3. The third-order valence-corrected chi connectivity index (χ3v) is 5.23. The number of fused-ring (bicyclic) bond motifs is 1. The highest BCUT2D eigenvalue weighted by Gasteiger charge is 2.24. The second kappa shape index (κ2) is 6.67. The van der Waals surface area contributed by atoms with Crippen molar-refractivity contribution >= 4 is 5.91 Å². The van der Waals surface area contributed by atoms with Crippen LogP contribution in [0, 0.1) is 0 Å². The maximum atomic E-state index is 12.0. The molecule has 0 bridgehead atoms. The van der Waals surface area contributed by atoms with E-state index in [2.05, 4.69) is 10.2 Å². The molecule has 0 fully saturated rings. The summed E-state index contributed by atoms with van der Waals surface area (Å²) < 4.78 is 1.57. The normalized spacial score (nSPS) is 13.1. The molecule has 144 valence electrons. The van der Waals surface area contributed by atoms with Crippen molar-refractivity contribution in [3.63, 3.8) is 0 Å². The van der Waals surface area contributed by atoms with Gasteiger partial charge in [-0.15, -0.1) is 10.2 Å². The van der Waals surface area contributed by atoms with E-state index in [1.165, 1.54) is 17.2 Å². The fourth-order valence-electron chi connectivity index (χ4n) is 3.80. The molecule has 0 saturated heterocycles. The summed E-state index contributed by atoms with van der Waals surface area (Å²) in [5, 5.41) is 28.7. The standard InChI is InChI=1S/C21H22N4O3/c1-11(2)15-9-16(18(27)10-17(15)26)20-23-24-21(19(22)28)25(20)14-7-6-12-4-3-5-13(12)8-14/h6-11,26-27H,3-5H2,1-2H3,(H2,22,28). The number of phenolic OH excluding ortho intramolecular Hbond substituents is 2. The summed E-state index contributed by atoms with van der Waals surface area (Å²) >= 11 is 0. The van der Waals surface area contributed by atoms with Gasteiger partial charge in [0.2, 0.25) is 5.82 Å². The number of aryl methyl sites for hydroxylation is 2. The van der Waals surface area contributed by atoms with Crippen LogP contribution in [0.3, 0.4) is 0 Å². The van der Waals surface area contributed by atoms with E-state index < -0.39 is 5.91 Å². The number of phenols is 2. The first kappa shape index (κ1) is 18.0. The van der Waals surface area contributed by atoms with E-state index in [4.69, 9.17) is 5.73 Å². The van der Waals surface area contributed by atoms with Crippen LogP contribution in [0.4, 0.5) is 0 Å². The lowest BCUT2D eigenvalue weighted by Gasteiger charge is -2.15. The average Bonchev–Trinajstić information content (AvgIpc) is 3.27. The van der Waals surface area contributed by atoms with Gasteiger partial charge >= 0.3 is 0 Å². The monoisotopic (exact) mass is 378 g/mol. The van der Waals surface area contributed by atoms with E-state index >= 15 is 0 Å². The fraction of sp³-hybridized carbons (Fsp3) is 0.286. The second-order valence-electron chi connectivity index (χ2n) is 7.44. The van der Waals surface area contributed by atoms with Gasteiger partial charge in [0.15, 0.2) is 5.82 Å². The lowest BCUT2D eigenvalue weighted by molar-refractivity contribution is 0.0988. The Morgan fingerprint density at radius 2 is 1.82 bits per heavy atom. The number of aromatic hydroxyl groups is 2. The molecule has 0 spiro atoms. The van der Waals surface area contributed by atoms with Crippen molar-refractivity contribution in [2.45, 2.75) is 39.0 Å². The molecule has 7 nitrogen and oxygen atoms in total. The van der Waals surface area contributed by atoms with Gasteiger partial charge in [-0.25, -0.2) is 0 Å². The van der Waals surface area contributed by atoms with Crippen molar-refractivity contribution in [1.29, 1.82) is 0 Å². The number of carbonyl (C=O) groups excluding carboxylic acids is 1. The molecule has 3 aromatic rings. The van der Waals surface area contributed by atoms with E-state index in [1.54, 1.807) is 10.6 Å². The molecular formula is C21H22N4O3. The Labute approximate surface area is 162 Å². The molecule has 0 atom stereocenters. The fourth-order valence-corrected chi connectivity index (χ4v) is 3.80. The maximum Gasteiger partial charge on any atom is 0.287 e. The minimum atomic E-state index is -0.707. The minimum Gasteiger partial charge on any atom is -0.508 e. The van der Waals surface area contributed by atoms with Gasteiger partial charge in [0, 0.05) is 11.8 Å². The zero-order chi connectivity index (χ0) is 20.0. The Bertz CT molecular complexity index is 1090. The summed E-state index contributed by atoms with van der Waals surface area (Å²) in [6, 6.07) is 8.93. The van der Waals surface area contributed by atoms with Crippen molar-refractivity contribution in [3.05, 3.63) is 52.8 Å². The molecule has 0 radical (unpaired) electrons. The van der Waals surface area contributed by atoms with Crippen molar-refractivity contribution in [2.24, 2.45) is 5.73 Å². The van der Waals surface area contributed by atoms with Gasteiger partial charge in [-0.05, 0) is 60.1 Å². The second-order valence-corrected chi connectivity index (χ2v) is 7.44. The summed E-state index contributed by atoms with van der Waals surface area (Å²) in [4.78, 5) is 12.0. The van der Waals surface area contributed by atoms with Crippen LogP contribution in [0.2, 0.25) is 0 Å². The number of hydrogen-bond donors (Lipinski definition) is 3. The highest BCUT2D eigenvalue weighted by molar-refractivity contribution is 5.91. The smallest absolute Gasteiger partial charge is 0.287 e. The highest BCUT2D eigenvalue weighted by Crippen LogP contribution is 2.38. The van der Waals surface area contributed by atoms with E-state index in [9.17, 15) is 15.0 Å². The summed E-state index contributed by atoms with van der Waals surface area (Å²) in [6.07, 6.45) is 3.13. The predicted octanol–water partition coefficient (Wildman–Crippen LogP) is 3.06. The minimum absolute atomic E-state index is 0.00785.